The number of rotatable bonds is 8. The highest BCUT2D eigenvalue weighted by molar-refractivity contribution is 5.40. The third-order valence-corrected chi connectivity index (χ3v) is 4.83. The van der Waals surface area contributed by atoms with Crippen molar-refractivity contribution in [2.24, 2.45) is 5.92 Å². The number of aromatic nitrogens is 1. The summed E-state index contributed by atoms with van der Waals surface area (Å²) in [5.74, 6) is 0.649. The van der Waals surface area contributed by atoms with Crippen LogP contribution < -0.4 is 16.0 Å². The summed E-state index contributed by atoms with van der Waals surface area (Å²) in [7, 11) is 0. The molecule has 0 saturated carbocycles. The van der Waals surface area contributed by atoms with E-state index in [9.17, 15) is 0 Å². The second-order valence-corrected chi connectivity index (χ2v) is 6.62. The number of anilines is 1. The van der Waals surface area contributed by atoms with E-state index in [4.69, 9.17) is 5.26 Å². The van der Waals surface area contributed by atoms with Gasteiger partial charge >= 0.3 is 0 Å². The summed E-state index contributed by atoms with van der Waals surface area (Å²) in [5.41, 5.74) is 2.34. The zero-order valence-electron chi connectivity index (χ0n) is 14.9. The Morgan fingerprint density at radius 3 is 2.54 bits per heavy atom. The standard InChI is InChI=1S/C20H26N6/c21-16-25-20(24-15-17-4-2-1-3-5-17)26-12-8-18(9-13-26)14-23-19-6-10-22-11-7-19/h1-7,10-11,18,20,24-25H,8-9,12-15H2,(H,22,23). The molecule has 136 valence electrons. The van der Waals surface area contributed by atoms with Gasteiger partial charge in [-0.15, -0.1) is 0 Å². The van der Waals surface area contributed by atoms with E-state index in [-0.39, 0.29) is 6.29 Å². The van der Waals surface area contributed by atoms with E-state index < -0.39 is 0 Å². The summed E-state index contributed by atoms with van der Waals surface area (Å²) < 4.78 is 0. The number of piperidine rings is 1. The molecule has 0 amide bonds. The first kappa shape index (κ1) is 18.2. The minimum atomic E-state index is -0.116. The van der Waals surface area contributed by atoms with Crippen molar-refractivity contribution in [3.63, 3.8) is 0 Å². The third kappa shape index (κ3) is 5.45. The Morgan fingerprint density at radius 2 is 1.85 bits per heavy atom. The van der Waals surface area contributed by atoms with E-state index in [1.165, 1.54) is 5.56 Å². The van der Waals surface area contributed by atoms with Gasteiger partial charge in [0.2, 0.25) is 0 Å². The molecule has 1 aliphatic heterocycles. The maximum absolute atomic E-state index is 9.08. The zero-order chi connectivity index (χ0) is 18.0. The molecule has 2 aromatic rings. The summed E-state index contributed by atoms with van der Waals surface area (Å²) in [4.78, 5) is 6.35. The molecule has 1 aromatic carbocycles. The third-order valence-electron chi connectivity index (χ3n) is 4.83. The van der Waals surface area contributed by atoms with Crippen molar-refractivity contribution >= 4 is 5.69 Å². The Balaban J connectivity index is 1.44. The lowest BCUT2D eigenvalue weighted by molar-refractivity contribution is 0.101. The first-order valence-electron chi connectivity index (χ1n) is 9.15. The van der Waals surface area contributed by atoms with Gasteiger partial charge in [-0.3, -0.25) is 20.5 Å². The fourth-order valence-corrected chi connectivity index (χ4v) is 3.29. The van der Waals surface area contributed by atoms with Crippen molar-refractivity contribution in [1.29, 1.82) is 5.26 Å². The molecule has 0 radical (unpaired) electrons. The van der Waals surface area contributed by atoms with Gasteiger partial charge in [-0.05, 0) is 36.5 Å². The van der Waals surface area contributed by atoms with Crippen molar-refractivity contribution in [3.8, 4) is 6.19 Å². The molecule has 1 atom stereocenters. The Morgan fingerprint density at radius 1 is 1.12 bits per heavy atom. The van der Waals surface area contributed by atoms with Gasteiger partial charge in [-0.1, -0.05) is 30.3 Å². The number of hydrogen-bond donors (Lipinski definition) is 3. The van der Waals surface area contributed by atoms with Crippen LogP contribution in [0.5, 0.6) is 0 Å². The zero-order valence-corrected chi connectivity index (χ0v) is 14.9. The lowest BCUT2D eigenvalue weighted by Crippen LogP contribution is -2.55. The van der Waals surface area contributed by atoms with Crippen LogP contribution in [0.4, 0.5) is 5.69 Å². The Bertz CT molecular complexity index is 676. The summed E-state index contributed by atoms with van der Waals surface area (Å²) in [6, 6.07) is 14.3. The van der Waals surface area contributed by atoms with Crippen LogP contribution in [0, 0.1) is 17.4 Å². The summed E-state index contributed by atoms with van der Waals surface area (Å²) in [6.07, 6.45) is 7.82. The molecular formula is C20H26N6. The molecule has 0 spiro atoms. The lowest BCUT2D eigenvalue weighted by Gasteiger charge is -2.37. The summed E-state index contributed by atoms with van der Waals surface area (Å²) >= 11 is 0. The SMILES string of the molecule is N#CNC(NCc1ccccc1)N1CCC(CNc2ccncc2)CC1. The molecule has 3 rings (SSSR count). The number of hydrogen-bond acceptors (Lipinski definition) is 6. The van der Waals surface area contributed by atoms with E-state index in [0.717, 1.165) is 44.7 Å². The van der Waals surface area contributed by atoms with Crippen LogP contribution in [-0.4, -0.2) is 35.8 Å². The van der Waals surface area contributed by atoms with Crippen LogP contribution in [0.25, 0.3) is 0 Å². The summed E-state index contributed by atoms with van der Waals surface area (Å²) in [6.45, 7) is 3.67. The van der Waals surface area contributed by atoms with Crippen molar-refractivity contribution in [2.45, 2.75) is 25.7 Å². The number of likely N-dealkylation sites (tertiary alicyclic amines) is 1. The number of nitrogens with zero attached hydrogens (tertiary/aromatic N) is 3. The molecule has 1 aromatic heterocycles. The predicted octanol–water partition coefficient (Wildman–Crippen LogP) is 2.35. The fourth-order valence-electron chi connectivity index (χ4n) is 3.29. The van der Waals surface area contributed by atoms with E-state index in [1.807, 2.05) is 42.7 Å². The Hall–Kier alpha value is -2.62. The molecule has 0 aliphatic carbocycles. The van der Waals surface area contributed by atoms with E-state index in [1.54, 1.807) is 0 Å². The van der Waals surface area contributed by atoms with Crippen LogP contribution in [0.15, 0.2) is 54.9 Å². The molecule has 26 heavy (non-hydrogen) atoms. The summed E-state index contributed by atoms with van der Waals surface area (Å²) in [5, 5.41) is 18.9. The largest absolute Gasteiger partial charge is 0.385 e. The van der Waals surface area contributed by atoms with Crippen LogP contribution >= 0.6 is 0 Å². The second kappa shape index (κ2) is 9.76. The lowest BCUT2D eigenvalue weighted by atomic mass is 9.96. The van der Waals surface area contributed by atoms with Gasteiger partial charge in [0.1, 0.15) is 6.29 Å². The van der Waals surface area contributed by atoms with Crippen molar-refractivity contribution in [3.05, 3.63) is 60.4 Å². The molecule has 1 unspecified atom stereocenters. The van der Waals surface area contributed by atoms with Gasteiger partial charge in [0, 0.05) is 44.3 Å². The van der Waals surface area contributed by atoms with Crippen molar-refractivity contribution < 1.29 is 0 Å². The monoisotopic (exact) mass is 350 g/mol. The van der Waals surface area contributed by atoms with Crippen LogP contribution in [0.1, 0.15) is 18.4 Å². The molecule has 6 heteroatoms. The molecule has 1 aliphatic rings. The normalized spacial score (nSPS) is 16.6. The molecular weight excluding hydrogens is 324 g/mol. The average molecular weight is 350 g/mol. The van der Waals surface area contributed by atoms with Gasteiger partial charge in [-0.25, -0.2) is 0 Å². The Labute approximate surface area is 155 Å². The average Bonchev–Trinajstić information content (AvgIpc) is 2.71. The molecule has 1 saturated heterocycles. The predicted molar refractivity (Wildman–Crippen MR) is 103 cm³/mol. The molecule has 6 nitrogen and oxygen atoms in total. The number of pyridine rings is 1. The van der Waals surface area contributed by atoms with E-state index in [0.29, 0.717) is 5.92 Å². The number of benzene rings is 1. The maximum Gasteiger partial charge on any atom is 0.178 e. The highest BCUT2D eigenvalue weighted by Gasteiger charge is 2.24. The van der Waals surface area contributed by atoms with Gasteiger partial charge in [0.05, 0.1) is 0 Å². The number of nitrogens with one attached hydrogen (secondary N) is 3. The molecule has 2 heterocycles. The maximum atomic E-state index is 9.08. The second-order valence-electron chi connectivity index (χ2n) is 6.62. The Kier molecular flexibility index (Phi) is 6.82. The first-order chi connectivity index (χ1) is 12.8. The highest BCUT2D eigenvalue weighted by atomic mass is 15.4. The van der Waals surface area contributed by atoms with Gasteiger partial charge in [0.15, 0.2) is 6.19 Å². The quantitative estimate of drug-likeness (QED) is 0.385. The van der Waals surface area contributed by atoms with Crippen LogP contribution in [0.2, 0.25) is 0 Å². The van der Waals surface area contributed by atoms with Gasteiger partial charge in [0.25, 0.3) is 0 Å². The topological polar surface area (TPSA) is 76.0 Å². The highest BCUT2D eigenvalue weighted by Crippen LogP contribution is 2.19. The van der Waals surface area contributed by atoms with Crippen molar-refractivity contribution in [1.82, 2.24) is 20.5 Å². The molecule has 3 N–H and O–H groups in total. The fraction of sp³-hybridized carbons (Fsp3) is 0.400. The smallest absolute Gasteiger partial charge is 0.178 e. The first-order valence-corrected chi connectivity index (χ1v) is 9.15. The van der Waals surface area contributed by atoms with Crippen LogP contribution in [-0.2, 0) is 6.54 Å². The number of nitriles is 1. The molecule has 1 fully saturated rings. The minimum Gasteiger partial charge on any atom is -0.385 e. The van der Waals surface area contributed by atoms with Crippen molar-refractivity contribution in [2.75, 3.05) is 25.0 Å². The minimum absolute atomic E-state index is 0.116. The van der Waals surface area contributed by atoms with Gasteiger partial charge in [-0.2, -0.15) is 5.26 Å². The van der Waals surface area contributed by atoms with E-state index in [2.05, 4.69) is 44.2 Å². The van der Waals surface area contributed by atoms with E-state index >= 15 is 0 Å². The van der Waals surface area contributed by atoms with Crippen LogP contribution in [0.3, 0.4) is 0 Å². The molecule has 0 bridgehead atoms. The van der Waals surface area contributed by atoms with Gasteiger partial charge < -0.3 is 5.32 Å².